The molecule has 2 heterocycles. The normalized spacial score (nSPS) is 17.7. The second kappa shape index (κ2) is 13.0. The lowest BCUT2D eigenvalue weighted by atomic mass is 9.91. The fourth-order valence-corrected chi connectivity index (χ4v) is 6.52. The third kappa shape index (κ3) is 6.67. The molecule has 0 spiro atoms. The fraction of sp³-hybridized carbons (Fsp3) is 0.429. The largest absolute Gasteiger partial charge is 0.496 e. The first-order valence-electron chi connectivity index (χ1n) is 12.7. The molecule has 3 aromatic rings. The second-order valence-electron chi connectivity index (χ2n) is 9.58. The number of benzene rings is 1. The summed E-state index contributed by atoms with van der Waals surface area (Å²) in [4.78, 5) is 28.9. The quantitative estimate of drug-likeness (QED) is 0.289. The number of ether oxygens (including phenoxy) is 2. The second-order valence-corrected chi connectivity index (χ2v) is 11.5. The Bertz CT molecular complexity index is 1210. The SMILES string of the molecule is COc1cc(NC(=O)CCN(C)C2CCC(OC(=O)C(O)(c3cccs3)c3cccs3)CC2)c(F)cc1CO. The lowest BCUT2D eigenvalue weighted by Gasteiger charge is -2.35. The summed E-state index contributed by atoms with van der Waals surface area (Å²) in [6.07, 6.45) is 2.74. The van der Waals surface area contributed by atoms with Crippen LogP contribution in [-0.4, -0.2) is 59.8 Å². The van der Waals surface area contributed by atoms with Crippen LogP contribution in [0.1, 0.15) is 47.4 Å². The van der Waals surface area contributed by atoms with Gasteiger partial charge < -0.3 is 29.9 Å². The molecule has 3 N–H and O–H groups in total. The number of methoxy groups -OCH3 is 1. The van der Waals surface area contributed by atoms with E-state index in [2.05, 4.69) is 10.2 Å². The minimum absolute atomic E-state index is 0.00378. The number of hydrogen-bond acceptors (Lipinski definition) is 9. The van der Waals surface area contributed by atoms with Gasteiger partial charge in [0.15, 0.2) is 0 Å². The van der Waals surface area contributed by atoms with Crippen molar-refractivity contribution in [1.82, 2.24) is 4.90 Å². The zero-order valence-corrected chi connectivity index (χ0v) is 23.5. The number of carbonyl (C=O) groups excluding carboxylic acids is 2. The Hall–Kier alpha value is -2.83. The van der Waals surface area contributed by atoms with Gasteiger partial charge in [-0.1, -0.05) is 12.1 Å². The van der Waals surface area contributed by atoms with E-state index in [0.717, 1.165) is 18.9 Å². The Morgan fingerprint density at radius 2 is 1.77 bits per heavy atom. The molecule has 0 aliphatic heterocycles. The molecule has 1 saturated carbocycles. The molecule has 0 unspecified atom stereocenters. The minimum Gasteiger partial charge on any atom is -0.496 e. The van der Waals surface area contributed by atoms with Crippen molar-refractivity contribution in [1.29, 1.82) is 0 Å². The number of aliphatic hydroxyl groups excluding tert-OH is 1. The van der Waals surface area contributed by atoms with Gasteiger partial charge in [0.2, 0.25) is 11.5 Å². The summed E-state index contributed by atoms with van der Waals surface area (Å²) in [6.45, 7) is 0.107. The van der Waals surface area contributed by atoms with Crippen molar-refractivity contribution in [3.05, 3.63) is 68.3 Å². The van der Waals surface area contributed by atoms with E-state index in [4.69, 9.17) is 9.47 Å². The summed E-state index contributed by atoms with van der Waals surface area (Å²) in [6, 6.07) is 9.80. The molecular formula is C28H33FN2O6S2. The van der Waals surface area contributed by atoms with Crippen molar-refractivity contribution in [2.24, 2.45) is 0 Å². The molecule has 1 aliphatic rings. The Morgan fingerprint density at radius 3 is 2.31 bits per heavy atom. The molecule has 4 rings (SSSR count). The van der Waals surface area contributed by atoms with E-state index >= 15 is 0 Å². The molecular weight excluding hydrogens is 543 g/mol. The zero-order chi connectivity index (χ0) is 28.0. The molecule has 0 bridgehead atoms. The molecule has 1 aliphatic carbocycles. The van der Waals surface area contributed by atoms with Crippen LogP contribution in [0.5, 0.6) is 5.75 Å². The molecule has 8 nitrogen and oxygen atoms in total. The molecule has 0 radical (unpaired) electrons. The summed E-state index contributed by atoms with van der Waals surface area (Å²) >= 11 is 2.63. The van der Waals surface area contributed by atoms with Crippen LogP contribution in [0.4, 0.5) is 10.1 Å². The lowest BCUT2D eigenvalue weighted by molar-refractivity contribution is -0.169. The smallest absolute Gasteiger partial charge is 0.349 e. The molecule has 0 saturated heterocycles. The van der Waals surface area contributed by atoms with E-state index in [9.17, 15) is 24.2 Å². The van der Waals surface area contributed by atoms with Gasteiger partial charge in [0.05, 0.1) is 29.2 Å². The average molecular weight is 577 g/mol. The Morgan fingerprint density at radius 1 is 1.13 bits per heavy atom. The lowest BCUT2D eigenvalue weighted by Crippen LogP contribution is -2.42. The number of esters is 1. The highest BCUT2D eigenvalue weighted by atomic mass is 32.1. The van der Waals surface area contributed by atoms with E-state index in [-0.39, 0.29) is 36.8 Å². The number of anilines is 1. The van der Waals surface area contributed by atoms with Crippen molar-refractivity contribution < 1.29 is 33.7 Å². The number of aliphatic hydroxyl groups is 2. The van der Waals surface area contributed by atoms with Crippen LogP contribution < -0.4 is 10.1 Å². The summed E-state index contributed by atoms with van der Waals surface area (Å²) in [5, 5.41) is 27.0. The fourth-order valence-electron chi connectivity index (χ4n) is 4.81. The molecule has 11 heteroatoms. The highest BCUT2D eigenvalue weighted by molar-refractivity contribution is 7.12. The maximum atomic E-state index is 14.3. The third-order valence-electron chi connectivity index (χ3n) is 7.10. The van der Waals surface area contributed by atoms with E-state index < -0.39 is 17.4 Å². The number of thiophene rings is 2. The molecule has 1 fully saturated rings. The molecule has 39 heavy (non-hydrogen) atoms. The van der Waals surface area contributed by atoms with Gasteiger partial charge in [-0.25, -0.2) is 9.18 Å². The Labute approximate surface area is 235 Å². The van der Waals surface area contributed by atoms with Gasteiger partial charge in [0.1, 0.15) is 17.7 Å². The van der Waals surface area contributed by atoms with Crippen molar-refractivity contribution in [2.45, 2.75) is 56.5 Å². The van der Waals surface area contributed by atoms with Gasteiger partial charge in [0.25, 0.3) is 0 Å². The highest BCUT2D eigenvalue weighted by Gasteiger charge is 2.45. The monoisotopic (exact) mass is 576 g/mol. The standard InChI is InChI=1S/C28H33FN2O6S2/c1-31(12-11-26(33)30-22-16-23(36-2)18(17-32)15-21(22)29)19-7-9-20(10-8-19)37-27(34)28(35,24-5-3-13-38-24)25-6-4-14-39-25/h3-6,13-16,19-20,32,35H,7-12,17H2,1-2H3,(H,30,33). The van der Waals surface area contributed by atoms with Crippen LogP contribution in [0.2, 0.25) is 0 Å². The number of carbonyl (C=O) groups is 2. The van der Waals surface area contributed by atoms with Crippen molar-refractivity contribution in [3.8, 4) is 5.75 Å². The van der Waals surface area contributed by atoms with Crippen LogP contribution in [0.25, 0.3) is 0 Å². The van der Waals surface area contributed by atoms with Gasteiger partial charge in [0, 0.05) is 30.6 Å². The van der Waals surface area contributed by atoms with Gasteiger partial charge in [-0.3, -0.25) is 4.79 Å². The maximum absolute atomic E-state index is 14.3. The van der Waals surface area contributed by atoms with Crippen molar-refractivity contribution in [2.75, 3.05) is 26.0 Å². The third-order valence-corrected chi connectivity index (χ3v) is 9.06. The summed E-state index contributed by atoms with van der Waals surface area (Å²) in [5.74, 6) is -1.33. The number of halogens is 1. The number of hydrogen-bond donors (Lipinski definition) is 3. The molecule has 1 aromatic carbocycles. The van der Waals surface area contributed by atoms with Crippen LogP contribution in [0.15, 0.2) is 47.2 Å². The topological polar surface area (TPSA) is 108 Å². The first-order valence-corrected chi connectivity index (χ1v) is 14.5. The highest BCUT2D eigenvalue weighted by Crippen LogP contribution is 2.38. The molecule has 2 aromatic heterocycles. The number of nitrogens with one attached hydrogen (secondary N) is 1. The molecule has 1 amide bonds. The van der Waals surface area contributed by atoms with Gasteiger partial charge in [-0.15, -0.1) is 22.7 Å². The van der Waals surface area contributed by atoms with Crippen LogP contribution in [-0.2, 0) is 26.5 Å². The number of rotatable bonds is 11. The zero-order valence-electron chi connectivity index (χ0n) is 21.9. The average Bonchev–Trinajstić information content (AvgIpc) is 3.68. The first-order chi connectivity index (χ1) is 18.8. The summed E-state index contributed by atoms with van der Waals surface area (Å²) in [5.41, 5.74) is -1.51. The van der Waals surface area contributed by atoms with Crippen LogP contribution in [0, 0.1) is 5.82 Å². The summed E-state index contributed by atoms with van der Waals surface area (Å²) < 4.78 is 25.3. The first kappa shape index (κ1) is 29.2. The van der Waals surface area contributed by atoms with E-state index in [1.165, 1.54) is 35.8 Å². The van der Waals surface area contributed by atoms with Gasteiger partial charge in [-0.05, 0) is 61.7 Å². The number of nitrogens with zero attached hydrogens (tertiary/aromatic N) is 1. The summed E-state index contributed by atoms with van der Waals surface area (Å²) in [7, 11) is 3.35. The van der Waals surface area contributed by atoms with Crippen LogP contribution >= 0.6 is 22.7 Å². The van der Waals surface area contributed by atoms with E-state index in [1.807, 2.05) is 17.8 Å². The minimum atomic E-state index is -1.81. The maximum Gasteiger partial charge on any atom is 0.349 e. The number of amides is 1. The molecule has 0 atom stereocenters. The van der Waals surface area contributed by atoms with Crippen molar-refractivity contribution in [3.63, 3.8) is 0 Å². The van der Waals surface area contributed by atoms with Crippen molar-refractivity contribution >= 4 is 40.2 Å². The predicted octanol–water partition coefficient (Wildman–Crippen LogP) is 4.50. The van der Waals surface area contributed by atoms with E-state index in [0.29, 0.717) is 40.5 Å². The van der Waals surface area contributed by atoms with Gasteiger partial charge in [-0.2, -0.15) is 0 Å². The molecule has 210 valence electrons. The van der Waals surface area contributed by atoms with Crippen LogP contribution in [0.3, 0.4) is 0 Å². The van der Waals surface area contributed by atoms with Gasteiger partial charge >= 0.3 is 5.97 Å². The Balaban J connectivity index is 1.26. The Kier molecular flexibility index (Phi) is 9.73. The predicted molar refractivity (Wildman–Crippen MR) is 149 cm³/mol. The van der Waals surface area contributed by atoms with E-state index in [1.54, 1.807) is 24.3 Å².